The zero-order valence-corrected chi connectivity index (χ0v) is 16.6. The SMILES string of the molecule is CC(C)(C)[Si](CCc1ccccc1)(c1ccccc1)c1ccccc1. The van der Waals surface area contributed by atoms with E-state index in [-0.39, 0.29) is 5.04 Å². The van der Waals surface area contributed by atoms with Crippen LogP contribution in [0.15, 0.2) is 91.0 Å². The fourth-order valence-corrected chi connectivity index (χ4v) is 9.70. The predicted octanol–water partition coefficient (Wildman–Crippen LogP) is 5.29. The molecule has 0 aliphatic heterocycles. The number of rotatable bonds is 5. The topological polar surface area (TPSA) is 0 Å². The summed E-state index contributed by atoms with van der Waals surface area (Å²) in [6.07, 6.45) is 1.13. The molecule has 3 rings (SSSR count). The molecule has 1 heteroatoms. The largest absolute Gasteiger partial charge is 0.123 e. The molecular formula is C24H28Si. The quantitative estimate of drug-likeness (QED) is 0.552. The Hall–Kier alpha value is -2.12. The van der Waals surface area contributed by atoms with Crippen LogP contribution >= 0.6 is 0 Å². The first-order valence-corrected chi connectivity index (χ1v) is 11.4. The summed E-state index contributed by atoms with van der Waals surface area (Å²) in [4.78, 5) is 0. The van der Waals surface area contributed by atoms with E-state index >= 15 is 0 Å². The Balaban J connectivity index is 2.12. The van der Waals surface area contributed by atoms with Gasteiger partial charge in [0, 0.05) is 0 Å². The van der Waals surface area contributed by atoms with Crippen LogP contribution in [0.2, 0.25) is 11.1 Å². The van der Waals surface area contributed by atoms with Gasteiger partial charge in [0.15, 0.2) is 0 Å². The Morgan fingerprint density at radius 2 is 1.00 bits per heavy atom. The van der Waals surface area contributed by atoms with Crippen LogP contribution in [0, 0.1) is 0 Å². The molecule has 0 nitrogen and oxygen atoms in total. The first kappa shape index (κ1) is 17.7. The molecule has 3 aromatic rings. The third-order valence-electron chi connectivity index (χ3n) is 5.45. The van der Waals surface area contributed by atoms with E-state index in [1.165, 1.54) is 11.6 Å². The third kappa shape index (κ3) is 3.62. The Morgan fingerprint density at radius 3 is 1.40 bits per heavy atom. The Morgan fingerprint density at radius 1 is 0.600 bits per heavy atom. The summed E-state index contributed by atoms with van der Waals surface area (Å²) in [6, 6.07) is 34.7. The fourth-order valence-electron chi connectivity index (χ4n) is 4.12. The molecule has 0 radical (unpaired) electrons. The molecule has 0 heterocycles. The molecule has 0 amide bonds. The van der Waals surface area contributed by atoms with Gasteiger partial charge < -0.3 is 0 Å². The number of benzene rings is 3. The van der Waals surface area contributed by atoms with Gasteiger partial charge in [-0.2, -0.15) is 0 Å². The maximum Gasteiger partial charge on any atom is 0.123 e. The van der Waals surface area contributed by atoms with E-state index in [9.17, 15) is 0 Å². The maximum absolute atomic E-state index is 2.43. The van der Waals surface area contributed by atoms with E-state index in [4.69, 9.17) is 0 Å². The third-order valence-corrected chi connectivity index (χ3v) is 11.6. The lowest BCUT2D eigenvalue weighted by Crippen LogP contribution is -2.64. The lowest BCUT2D eigenvalue weighted by Gasteiger charge is -2.44. The van der Waals surface area contributed by atoms with E-state index in [0.29, 0.717) is 0 Å². The van der Waals surface area contributed by atoms with Crippen molar-refractivity contribution < 1.29 is 0 Å². The molecule has 0 unspecified atom stereocenters. The Kier molecular flexibility index (Phi) is 5.24. The van der Waals surface area contributed by atoms with Gasteiger partial charge in [0.2, 0.25) is 0 Å². The summed E-state index contributed by atoms with van der Waals surface area (Å²) in [7, 11) is -1.93. The smallest absolute Gasteiger partial charge is 0.0626 e. The van der Waals surface area contributed by atoms with Crippen LogP contribution in [0.25, 0.3) is 0 Å². The second-order valence-electron chi connectivity index (χ2n) is 7.87. The first-order chi connectivity index (χ1) is 12.0. The average molecular weight is 345 g/mol. The van der Waals surface area contributed by atoms with Gasteiger partial charge in [-0.3, -0.25) is 0 Å². The van der Waals surface area contributed by atoms with Gasteiger partial charge in [-0.1, -0.05) is 122 Å². The van der Waals surface area contributed by atoms with Gasteiger partial charge in [-0.05, 0) is 23.1 Å². The van der Waals surface area contributed by atoms with Crippen molar-refractivity contribution in [1.29, 1.82) is 0 Å². The van der Waals surface area contributed by atoms with Gasteiger partial charge in [0.25, 0.3) is 0 Å². The zero-order valence-electron chi connectivity index (χ0n) is 15.6. The highest BCUT2D eigenvalue weighted by atomic mass is 28.3. The first-order valence-electron chi connectivity index (χ1n) is 9.19. The molecule has 0 fully saturated rings. The van der Waals surface area contributed by atoms with Crippen molar-refractivity contribution in [2.75, 3.05) is 0 Å². The van der Waals surface area contributed by atoms with Crippen LogP contribution in [0.5, 0.6) is 0 Å². The van der Waals surface area contributed by atoms with Crippen molar-refractivity contribution in [2.45, 2.75) is 38.3 Å². The van der Waals surface area contributed by atoms with Crippen LogP contribution in [-0.4, -0.2) is 8.07 Å². The minimum absolute atomic E-state index is 0.241. The highest BCUT2D eigenvalue weighted by molar-refractivity contribution is 7.04. The molecule has 0 spiro atoms. The molecule has 0 aliphatic rings. The molecule has 25 heavy (non-hydrogen) atoms. The molecule has 0 bridgehead atoms. The second kappa shape index (κ2) is 7.41. The van der Waals surface area contributed by atoms with Crippen LogP contribution < -0.4 is 10.4 Å². The van der Waals surface area contributed by atoms with Crippen molar-refractivity contribution in [1.82, 2.24) is 0 Å². The Labute approximate surface area is 153 Å². The van der Waals surface area contributed by atoms with E-state index in [1.54, 1.807) is 10.4 Å². The summed E-state index contributed by atoms with van der Waals surface area (Å²) in [5, 5.41) is 3.33. The molecule has 0 N–H and O–H groups in total. The highest BCUT2D eigenvalue weighted by Gasteiger charge is 2.46. The number of hydrogen-bond donors (Lipinski definition) is 0. The van der Waals surface area contributed by atoms with Gasteiger partial charge in [0.05, 0.1) is 0 Å². The van der Waals surface area contributed by atoms with Crippen molar-refractivity contribution in [3.63, 3.8) is 0 Å². The highest BCUT2D eigenvalue weighted by Crippen LogP contribution is 2.39. The molecule has 0 aliphatic carbocycles. The summed E-state index contributed by atoms with van der Waals surface area (Å²) in [5.74, 6) is 0. The van der Waals surface area contributed by atoms with Crippen LogP contribution in [0.4, 0.5) is 0 Å². The minimum Gasteiger partial charge on any atom is -0.0626 e. The summed E-state index contributed by atoms with van der Waals surface area (Å²) < 4.78 is 0. The van der Waals surface area contributed by atoms with Gasteiger partial charge >= 0.3 is 0 Å². The fraction of sp³-hybridized carbons (Fsp3) is 0.250. The molecule has 0 aromatic heterocycles. The van der Waals surface area contributed by atoms with Crippen molar-refractivity contribution in [3.05, 3.63) is 96.6 Å². The molecule has 0 saturated carbocycles. The van der Waals surface area contributed by atoms with Crippen LogP contribution in [0.3, 0.4) is 0 Å². The van der Waals surface area contributed by atoms with Crippen molar-refractivity contribution >= 4 is 18.4 Å². The monoisotopic (exact) mass is 344 g/mol. The predicted molar refractivity (Wildman–Crippen MR) is 113 cm³/mol. The van der Waals surface area contributed by atoms with E-state index in [1.807, 2.05) is 0 Å². The van der Waals surface area contributed by atoms with E-state index in [2.05, 4.69) is 112 Å². The average Bonchev–Trinajstić information content (AvgIpc) is 2.64. The second-order valence-corrected chi connectivity index (χ2v) is 12.8. The zero-order chi connectivity index (χ0) is 17.8. The minimum atomic E-state index is -1.93. The van der Waals surface area contributed by atoms with Crippen LogP contribution in [0.1, 0.15) is 26.3 Å². The number of hydrogen-bond acceptors (Lipinski definition) is 0. The van der Waals surface area contributed by atoms with Crippen molar-refractivity contribution in [3.8, 4) is 0 Å². The lowest BCUT2D eigenvalue weighted by atomic mass is 10.2. The lowest BCUT2D eigenvalue weighted by molar-refractivity contribution is 0.723. The Bertz CT molecular complexity index is 731. The van der Waals surface area contributed by atoms with Gasteiger partial charge in [-0.15, -0.1) is 0 Å². The molecule has 3 aromatic carbocycles. The molecule has 128 valence electrons. The normalized spacial score (nSPS) is 12.1. The standard InChI is InChI=1S/C24H28Si/c1-24(2,3)25(22-15-9-5-10-16-22,23-17-11-6-12-18-23)20-19-21-13-7-4-8-14-21/h4-18H,19-20H2,1-3H3. The summed E-state index contributed by atoms with van der Waals surface area (Å²) >= 11 is 0. The molecule has 0 saturated heterocycles. The maximum atomic E-state index is 2.43. The summed E-state index contributed by atoms with van der Waals surface area (Å²) in [6.45, 7) is 7.30. The summed E-state index contributed by atoms with van der Waals surface area (Å²) in [5.41, 5.74) is 1.44. The van der Waals surface area contributed by atoms with E-state index < -0.39 is 8.07 Å². The number of aryl methyl sites for hydroxylation is 1. The van der Waals surface area contributed by atoms with Gasteiger partial charge in [-0.25, -0.2) is 0 Å². The van der Waals surface area contributed by atoms with Crippen LogP contribution in [-0.2, 0) is 6.42 Å². The molecular weight excluding hydrogens is 316 g/mol. The van der Waals surface area contributed by atoms with E-state index in [0.717, 1.165) is 6.42 Å². The molecule has 0 atom stereocenters. The van der Waals surface area contributed by atoms with Crippen molar-refractivity contribution in [2.24, 2.45) is 0 Å². The van der Waals surface area contributed by atoms with Gasteiger partial charge in [0.1, 0.15) is 8.07 Å².